The Hall–Kier alpha value is -2.77. The van der Waals surface area contributed by atoms with Crippen molar-refractivity contribution in [1.29, 1.82) is 0 Å². The van der Waals surface area contributed by atoms with Crippen LogP contribution in [0.5, 0.6) is 0 Å². The van der Waals surface area contributed by atoms with Crippen LogP contribution in [-0.2, 0) is 17.9 Å². The fourth-order valence-electron chi connectivity index (χ4n) is 3.97. The molecule has 3 aromatic carbocycles. The zero-order valence-electron chi connectivity index (χ0n) is 18.0. The van der Waals surface area contributed by atoms with Crippen LogP contribution in [0.2, 0.25) is 15.1 Å². The Balaban J connectivity index is 1.47. The van der Waals surface area contributed by atoms with Crippen molar-refractivity contribution < 1.29 is 14.0 Å². The van der Waals surface area contributed by atoms with Crippen molar-refractivity contribution in [2.45, 2.75) is 13.1 Å². The van der Waals surface area contributed by atoms with Gasteiger partial charge >= 0.3 is 0 Å². The van der Waals surface area contributed by atoms with E-state index in [2.05, 4.69) is 0 Å². The van der Waals surface area contributed by atoms with Gasteiger partial charge in [-0.25, -0.2) is 4.39 Å². The van der Waals surface area contributed by atoms with E-state index in [1.54, 1.807) is 36.4 Å². The molecule has 9 heteroatoms. The standard InChI is InChI=1S/C26H16Cl3FN2O2S/c27-19-5-3-6-22(30)18(19)14-31-13-16(17-4-1-2-7-23(17)31)11-24-25(33)32(26(34)35-24)12-15-8-9-20(28)21(29)10-15/h1-11,13H,12,14H2/b24-11-. The minimum absolute atomic E-state index is 0.0897. The number of aromatic nitrogens is 1. The summed E-state index contributed by atoms with van der Waals surface area (Å²) >= 11 is 19.2. The Labute approximate surface area is 219 Å². The summed E-state index contributed by atoms with van der Waals surface area (Å²) < 4.78 is 16.3. The third-order valence-electron chi connectivity index (χ3n) is 5.69. The molecule has 2 amide bonds. The van der Waals surface area contributed by atoms with Gasteiger partial charge in [0.2, 0.25) is 0 Å². The average molecular weight is 546 g/mol. The van der Waals surface area contributed by atoms with Gasteiger partial charge in [0.25, 0.3) is 11.1 Å². The predicted molar refractivity (Wildman–Crippen MR) is 140 cm³/mol. The van der Waals surface area contributed by atoms with E-state index in [1.807, 2.05) is 35.0 Å². The fraction of sp³-hybridized carbons (Fsp3) is 0.0769. The van der Waals surface area contributed by atoms with Gasteiger partial charge < -0.3 is 4.57 Å². The van der Waals surface area contributed by atoms with E-state index in [9.17, 15) is 14.0 Å². The van der Waals surface area contributed by atoms with Crippen molar-refractivity contribution in [3.05, 3.63) is 109 Å². The molecule has 1 aliphatic heterocycles. The lowest BCUT2D eigenvalue weighted by atomic mass is 10.1. The Bertz CT molecular complexity index is 1510. The lowest BCUT2D eigenvalue weighted by Gasteiger charge is -2.12. The minimum atomic E-state index is -0.389. The van der Waals surface area contributed by atoms with Gasteiger partial charge in [0.15, 0.2) is 0 Å². The highest BCUT2D eigenvalue weighted by Gasteiger charge is 2.35. The second-order valence-electron chi connectivity index (χ2n) is 7.95. The Morgan fingerprint density at radius 2 is 1.69 bits per heavy atom. The van der Waals surface area contributed by atoms with Crippen LogP contribution in [0, 0.1) is 5.82 Å². The molecule has 0 radical (unpaired) electrons. The molecular weight excluding hydrogens is 530 g/mol. The van der Waals surface area contributed by atoms with Gasteiger partial charge in [0, 0.05) is 33.2 Å². The smallest absolute Gasteiger partial charge is 0.293 e. The maximum absolute atomic E-state index is 14.4. The Morgan fingerprint density at radius 1 is 0.886 bits per heavy atom. The first-order valence-electron chi connectivity index (χ1n) is 10.5. The number of carbonyl (C=O) groups excluding carboxylic acids is 2. The van der Waals surface area contributed by atoms with Gasteiger partial charge in [-0.3, -0.25) is 14.5 Å². The van der Waals surface area contributed by atoms with Crippen LogP contribution in [0.15, 0.2) is 71.8 Å². The number of halogens is 4. The molecule has 1 saturated heterocycles. The summed E-state index contributed by atoms with van der Waals surface area (Å²) in [6, 6.07) is 17.2. The topological polar surface area (TPSA) is 42.3 Å². The molecule has 0 saturated carbocycles. The first kappa shape index (κ1) is 23.9. The van der Waals surface area contributed by atoms with Crippen LogP contribution in [0.4, 0.5) is 9.18 Å². The number of hydrogen-bond donors (Lipinski definition) is 0. The number of fused-ring (bicyclic) bond motifs is 1. The SMILES string of the molecule is O=C1S/C(=C\c2cn(Cc3c(F)cccc3Cl)c3ccccc23)C(=O)N1Cc1ccc(Cl)c(Cl)c1. The molecule has 0 bridgehead atoms. The summed E-state index contributed by atoms with van der Waals surface area (Å²) in [7, 11) is 0. The Morgan fingerprint density at radius 3 is 2.46 bits per heavy atom. The van der Waals surface area contributed by atoms with Gasteiger partial charge in [-0.05, 0) is 53.7 Å². The van der Waals surface area contributed by atoms with E-state index in [-0.39, 0.29) is 30.1 Å². The van der Waals surface area contributed by atoms with Crippen LogP contribution in [0.25, 0.3) is 17.0 Å². The first-order chi connectivity index (χ1) is 16.8. The van der Waals surface area contributed by atoms with Gasteiger partial charge in [-0.1, -0.05) is 65.1 Å². The number of para-hydroxylation sites is 1. The molecule has 1 fully saturated rings. The number of imide groups is 1. The van der Waals surface area contributed by atoms with Crippen molar-refractivity contribution in [2.75, 3.05) is 0 Å². The van der Waals surface area contributed by atoms with Crippen LogP contribution >= 0.6 is 46.6 Å². The maximum atomic E-state index is 14.4. The van der Waals surface area contributed by atoms with E-state index in [0.29, 0.717) is 31.1 Å². The zero-order chi connectivity index (χ0) is 24.7. The van der Waals surface area contributed by atoms with Crippen molar-refractivity contribution in [1.82, 2.24) is 9.47 Å². The van der Waals surface area contributed by atoms with E-state index < -0.39 is 0 Å². The van der Waals surface area contributed by atoms with Crippen molar-refractivity contribution in [3.8, 4) is 0 Å². The van der Waals surface area contributed by atoms with E-state index in [4.69, 9.17) is 34.8 Å². The third-order valence-corrected chi connectivity index (χ3v) is 7.69. The summed E-state index contributed by atoms with van der Waals surface area (Å²) in [4.78, 5) is 27.2. The van der Waals surface area contributed by atoms with Crippen molar-refractivity contribution >= 4 is 74.7 Å². The summed E-state index contributed by atoms with van der Waals surface area (Å²) in [5, 5.41) is 1.60. The Kier molecular flexibility index (Phi) is 6.64. The monoisotopic (exact) mass is 544 g/mol. The fourth-order valence-corrected chi connectivity index (χ4v) is 5.35. The van der Waals surface area contributed by atoms with E-state index >= 15 is 0 Å². The van der Waals surface area contributed by atoms with Gasteiger partial charge in [0.1, 0.15) is 5.82 Å². The molecule has 2 heterocycles. The summed E-state index contributed by atoms with van der Waals surface area (Å²) in [5.74, 6) is -0.777. The van der Waals surface area contributed by atoms with E-state index in [0.717, 1.165) is 28.2 Å². The molecule has 0 aliphatic carbocycles. The molecule has 0 spiro atoms. The molecule has 4 nitrogen and oxygen atoms in total. The summed E-state index contributed by atoms with van der Waals surface area (Å²) in [6.45, 7) is 0.311. The number of hydrogen-bond acceptors (Lipinski definition) is 3. The number of benzene rings is 3. The van der Waals surface area contributed by atoms with Gasteiger partial charge in [0.05, 0.1) is 28.0 Å². The van der Waals surface area contributed by atoms with Crippen molar-refractivity contribution in [3.63, 3.8) is 0 Å². The highest BCUT2D eigenvalue weighted by molar-refractivity contribution is 8.18. The lowest BCUT2D eigenvalue weighted by Crippen LogP contribution is -2.27. The van der Waals surface area contributed by atoms with Crippen LogP contribution in [0.1, 0.15) is 16.7 Å². The molecule has 1 aromatic heterocycles. The number of carbonyl (C=O) groups is 2. The molecule has 1 aliphatic rings. The number of nitrogens with zero attached hydrogens (tertiary/aromatic N) is 2. The number of thioether (sulfide) groups is 1. The third kappa shape index (κ3) is 4.71. The van der Waals surface area contributed by atoms with E-state index in [1.165, 1.54) is 11.0 Å². The molecule has 0 atom stereocenters. The summed E-state index contributed by atoms with van der Waals surface area (Å²) in [5.41, 5.74) is 2.67. The second kappa shape index (κ2) is 9.70. The van der Waals surface area contributed by atoms with Crippen LogP contribution < -0.4 is 0 Å². The molecule has 5 rings (SSSR count). The van der Waals surface area contributed by atoms with Crippen LogP contribution in [-0.4, -0.2) is 20.6 Å². The first-order valence-corrected chi connectivity index (χ1v) is 12.5. The molecule has 176 valence electrons. The quantitative estimate of drug-likeness (QED) is 0.238. The van der Waals surface area contributed by atoms with Gasteiger partial charge in [-0.15, -0.1) is 0 Å². The minimum Gasteiger partial charge on any atom is -0.342 e. The highest BCUT2D eigenvalue weighted by atomic mass is 35.5. The lowest BCUT2D eigenvalue weighted by molar-refractivity contribution is -0.123. The molecule has 35 heavy (non-hydrogen) atoms. The largest absolute Gasteiger partial charge is 0.342 e. The predicted octanol–water partition coefficient (Wildman–Crippen LogP) is 8.03. The van der Waals surface area contributed by atoms with Crippen LogP contribution in [0.3, 0.4) is 0 Å². The molecule has 0 unspecified atom stereocenters. The van der Waals surface area contributed by atoms with Gasteiger partial charge in [-0.2, -0.15) is 0 Å². The maximum Gasteiger partial charge on any atom is 0.293 e. The summed E-state index contributed by atoms with van der Waals surface area (Å²) in [6.07, 6.45) is 3.53. The number of rotatable bonds is 5. The highest BCUT2D eigenvalue weighted by Crippen LogP contribution is 2.36. The van der Waals surface area contributed by atoms with Crippen molar-refractivity contribution in [2.24, 2.45) is 0 Å². The second-order valence-corrected chi connectivity index (χ2v) is 10.2. The zero-order valence-corrected chi connectivity index (χ0v) is 21.1. The normalized spacial score (nSPS) is 15.1. The molecule has 0 N–H and O–H groups in total. The number of amides is 2. The molecular formula is C26H16Cl3FN2O2S. The average Bonchev–Trinajstić information content (AvgIpc) is 3.31. The molecule has 4 aromatic rings.